The number of methoxy groups -OCH3 is 2. The third kappa shape index (κ3) is 5.47. The van der Waals surface area contributed by atoms with Crippen molar-refractivity contribution < 1.29 is 9.47 Å². The Kier molecular flexibility index (Phi) is 7.05. The van der Waals surface area contributed by atoms with Gasteiger partial charge in [0.05, 0.1) is 19.9 Å². The van der Waals surface area contributed by atoms with Crippen molar-refractivity contribution in [2.45, 2.75) is 13.0 Å². The summed E-state index contributed by atoms with van der Waals surface area (Å²) >= 11 is 0. The van der Waals surface area contributed by atoms with Crippen molar-refractivity contribution in [1.82, 2.24) is 25.4 Å². The largest absolute Gasteiger partial charge is 0.493 e. The lowest BCUT2D eigenvalue weighted by Crippen LogP contribution is -2.37. The van der Waals surface area contributed by atoms with Crippen LogP contribution in [0.15, 0.2) is 60.1 Å². The van der Waals surface area contributed by atoms with Crippen LogP contribution >= 0.6 is 0 Å². The lowest BCUT2D eigenvalue weighted by Gasteiger charge is -2.13. The molecule has 2 aromatic carbocycles. The molecule has 0 bridgehead atoms. The molecule has 0 atom stereocenters. The second kappa shape index (κ2) is 10.1. The molecule has 0 aliphatic heterocycles. The highest BCUT2D eigenvalue weighted by Gasteiger charge is 2.05. The van der Waals surface area contributed by atoms with Crippen LogP contribution in [0.5, 0.6) is 11.5 Å². The molecule has 0 fully saturated rings. The Balaban J connectivity index is 1.47. The van der Waals surface area contributed by atoms with Crippen molar-refractivity contribution in [3.8, 4) is 17.2 Å². The van der Waals surface area contributed by atoms with Gasteiger partial charge in [-0.1, -0.05) is 18.2 Å². The molecule has 2 N–H and O–H groups in total. The lowest BCUT2D eigenvalue weighted by molar-refractivity contribution is 0.354. The molecule has 0 saturated heterocycles. The van der Waals surface area contributed by atoms with E-state index in [0.29, 0.717) is 6.54 Å². The molecule has 0 radical (unpaired) electrons. The fourth-order valence-electron chi connectivity index (χ4n) is 2.88. The van der Waals surface area contributed by atoms with Gasteiger partial charge < -0.3 is 20.1 Å². The van der Waals surface area contributed by atoms with E-state index < -0.39 is 0 Å². The second-order valence-electron chi connectivity index (χ2n) is 6.30. The van der Waals surface area contributed by atoms with Crippen LogP contribution in [0, 0.1) is 0 Å². The van der Waals surface area contributed by atoms with Crippen LogP contribution < -0.4 is 20.1 Å². The number of hydrogen-bond donors (Lipinski definition) is 2. The molecular formula is C21H26N6O2. The first-order chi connectivity index (χ1) is 14.2. The van der Waals surface area contributed by atoms with Crippen molar-refractivity contribution in [3.05, 3.63) is 66.2 Å². The molecule has 0 aliphatic carbocycles. The number of rotatable bonds is 8. The van der Waals surface area contributed by atoms with E-state index in [-0.39, 0.29) is 0 Å². The normalized spacial score (nSPS) is 11.2. The molecule has 0 unspecified atom stereocenters. The summed E-state index contributed by atoms with van der Waals surface area (Å²) in [5.74, 6) is 2.23. The molecule has 1 aromatic heterocycles. The van der Waals surface area contributed by atoms with Crippen molar-refractivity contribution in [2.75, 3.05) is 27.8 Å². The Morgan fingerprint density at radius 2 is 1.76 bits per heavy atom. The van der Waals surface area contributed by atoms with E-state index in [4.69, 9.17) is 9.47 Å². The van der Waals surface area contributed by atoms with Crippen molar-refractivity contribution in [2.24, 2.45) is 4.99 Å². The molecule has 0 aliphatic rings. The van der Waals surface area contributed by atoms with Crippen LogP contribution in [0.4, 0.5) is 0 Å². The minimum Gasteiger partial charge on any atom is -0.493 e. The zero-order chi connectivity index (χ0) is 20.5. The maximum atomic E-state index is 5.35. The van der Waals surface area contributed by atoms with Gasteiger partial charge in [0.25, 0.3) is 0 Å². The fourth-order valence-corrected chi connectivity index (χ4v) is 2.88. The monoisotopic (exact) mass is 394 g/mol. The summed E-state index contributed by atoms with van der Waals surface area (Å²) in [6, 6.07) is 14.1. The zero-order valence-electron chi connectivity index (χ0n) is 16.9. The van der Waals surface area contributed by atoms with Crippen molar-refractivity contribution in [3.63, 3.8) is 0 Å². The number of hydrogen-bond acceptors (Lipinski definition) is 5. The van der Waals surface area contributed by atoms with Crippen LogP contribution in [0.2, 0.25) is 0 Å². The molecule has 3 rings (SSSR count). The summed E-state index contributed by atoms with van der Waals surface area (Å²) in [5.41, 5.74) is 3.29. The minimum absolute atomic E-state index is 0.674. The van der Waals surface area contributed by atoms with Gasteiger partial charge in [-0.15, -0.1) is 0 Å². The third-order valence-electron chi connectivity index (χ3n) is 4.46. The Morgan fingerprint density at radius 3 is 2.41 bits per heavy atom. The summed E-state index contributed by atoms with van der Waals surface area (Å²) in [6.07, 6.45) is 4.04. The highest BCUT2D eigenvalue weighted by molar-refractivity contribution is 5.79. The summed E-state index contributed by atoms with van der Waals surface area (Å²) in [4.78, 5) is 8.24. The Labute approximate surface area is 170 Å². The molecule has 0 spiro atoms. The van der Waals surface area contributed by atoms with E-state index in [1.807, 2.05) is 30.3 Å². The van der Waals surface area contributed by atoms with Crippen LogP contribution in [-0.2, 0) is 13.0 Å². The van der Waals surface area contributed by atoms with E-state index in [1.165, 1.54) is 6.33 Å². The van der Waals surface area contributed by atoms with Gasteiger partial charge >= 0.3 is 0 Å². The molecular weight excluding hydrogens is 368 g/mol. The number of benzene rings is 2. The highest BCUT2D eigenvalue weighted by atomic mass is 16.5. The van der Waals surface area contributed by atoms with Crippen LogP contribution in [-0.4, -0.2) is 48.5 Å². The van der Waals surface area contributed by atoms with Crippen LogP contribution in [0.25, 0.3) is 5.69 Å². The molecule has 1 heterocycles. The minimum atomic E-state index is 0.674. The molecule has 8 heteroatoms. The third-order valence-corrected chi connectivity index (χ3v) is 4.46. The first-order valence-electron chi connectivity index (χ1n) is 9.33. The van der Waals surface area contributed by atoms with Gasteiger partial charge in [0.1, 0.15) is 12.7 Å². The molecule has 8 nitrogen and oxygen atoms in total. The number of guanidine groups is 1. The fraction of sp³-hybridized carbons (Fsp3) is 0.286. The average molecular weight is 394 g/mol. The van der Waals surface area contributed by atoms with Gasteiger partial charge in [-0.25, -0.2) is 9.67 Å². The Bertz CT molecular complexity index is 923. The molecule has 3 aromatic rings. The van der Waals surface area contributed by atoms with Gasteiger partial charge in [-0.2, -0.15) is 5.10 Å². The maximum Gasteiger partial charge on any atom is 0.191 e. The van der Waals surface area contributed by atoms with E-state index in [0.717, 1.165) is 47.2 Å². The topological polar surface area (TPSA) is 85.6 Å². The van der Waals surface area contributed by atoms with Gasteiger partial charge in [-0.3, -0.25) is 4.99 Å². The van der Waals surface area contributed by atoms with Gasteiger partial charge in [0, 0.05) is 20.1 Å². The van der Waals surface area contributed by atoms with E-state index in [2.05, 4.69) is 37.8 Å². The summed E-state index contributed by atoms with van der Waals surface area (Å²) in [6.45, 7) is 1.42. The first-order valence-corrected chi connectivity index (χ1v) is 9.33. The Morgan fingerprint density at radius 1 is 1.00 bits per heavy atom. The zero-order valence-corrected chi connectivity index (χ0v) is 16.9. The average Bonchev–Trinajstić information content (AvgIpc) is 3.31. The van der Waals surface area contributed by atoms with Crippen molar-refractivity contribution in [1.29, 1.82) is 0 Å². The predicted molar refractivity (Wildman–Crippen MR) is 113 cm³/mol. The maximum absolute atomic E-state index is 5.35. The predicted octanol–water partition coefficient (Wildman–Crippen LogP) is 2.19. The second-order valence-corrected chi connectivity index (χ2v) is 6.30. The number of aliphatic imine (C=N–C) groups is 1. The first kappa shape index (κ1) is 20.2. The summed E-state index contributed by atoms with van der Waals surface area (Å²) < 4.78 is 12.4. The number of nitrogens with one attached hydrogen (secondary N) is 2. The van der Waals surface area contributed by atoms with Gasteiger partial charge in [0.2, 0.25) is 0 Å². The van der Waals surface area contributed by atoms with E-state index >= 15 is 0 Å². The number of aromatic nitrogens is 3. The molecule has 152 valence electrons. The van der Waals surface area contributed by atoms with Crippen LogP contribution in [0.3, 0.4) is 0 Å². The molecule has 0 amide bonds. The van der Waals surface area contributed by atoms with Crippen LogP contribution in [0.1, 0.15) is 11.1 Å². The summed E-state index contributed by atoms with van der Waals surface area (Å²) in [5, 5.41) is 10.8. The lowest BCUT2D eigenvalue weighted by atomic mass is 10.1. The van der Waals surface area contributed by atoms with Gasteiger partial charge in [0.15, 0.2) is 17.5 Å². The SMILES string of the molecule is CN=C(NCCc1ccc(OC)c(OC)c1)NCc1ccc(-n2cncn2)cc1. The van der Waals surface area contributed by atoms with E-state index in [9.17, 15) is 0 Å². The number of ether oxygens (including phenoxy) is 2. The highest BCUT2D eigenvalue weighted by Crippen LogP contribution is 2.27. The molecule has 29 heavy (non-hydrogen) atoms. The smallest absolute Gasteiger partial charge is 0.191 e. The summed E-state index contributed by atoms with van der Waals surface area (Å²) in [7, 11) is 5.04. The Hall–Kier alpha value is -3.55. The standard InChI is InChI=1S/C21H26N6O2/c1-22-21(24-11-10-16-6-9-19(28-2)20(12-16)29-3)25-13-17-4-7-18(8-5-17)27-15-23-14-26-27/h4-9,12,14-15H,10-11,13H2,1-3H3,(H2,22,24,25). The van der Waals surface area contributed by atoms with E-state index in [1.54, 1.807) is 32.3 Å². The van der Waals surface area contributed by atoms with Crippen molar-refractivity contribution >= 4 is 5.96 Å². The van der Waals surface area contributed by atoms with Gasteiger partial charge in [-0.05, 0) is 41.8 Å². The quantitative estimate of drug-likeness (QED) is 0.450. The molecule has 0 saturated carbocycles. The number of nitrogens with zero attached hydrogens (tertiary/aromatic N) is 4.